The molecule has 0 aromatic carbocycles. The Labute approximate surface area is 179 Å². The molecule has 8 atom stereocenters. The lowest BCUT2D eigenvalue weighted by Gasteiger charge is -2.60. The quantitative estimate of drug-likeness (QED) is 0.501. The smallest absolute Gasteiger partial charge is 0.314 e. The molecule has 4 aliphatic heterocycles. The molecule has 1 spiro atoms. The largest absolute Gasteiger partial charge is 0.350 e. The predicted molar refractivity (Wildman–Crippen MR) is 109 cm³/mol. The fraction of sp³-hybridized carbons (Fsp3) is 0.955. The van der Waals surface area contributed by atoms with E-state index in [1.807, 2.05) is 6.92 Å². The summed E-state index contributed by atoms with van der Waals surface area (Å²) in [6.45, 7) is 12.0. The van der Waals surface area contributed by atoms with Gasteiger partial charge in [0, 0.05) is 31.3 Å². The number of hydrogen-bond donors (Lipinski definition) is 2. The van der Waals surface area contributed by atoms with E-state index in [0.29, 0.717) is 37.5 Å². The first-order chi connectivity index (χ1) is 14.2. The first-order valence-corrected chi connectivity index (χ1v) is 11.6. The number of hydrogen-bond acceptors (Lipinski definition) is 6. The molecule has 30 heavy (non-hydrogen) atoms. The van der Waals surface area contributed by atoms with Crippen molar-refractivity contribution in [3.63, 3.8) is 0 Å². The van der Waals surface area contributed by atoms with Crippen molar-refractivity contribution in [1.29, 1.82) is 0 Å². The normalized spacial score (nSPS) is 45.0. The summed E-state index contributed by atoms with van der Waals surface area (Å²) in [5, 5.41) is 5.67. The number of amides is 2. The minimum atomic E-state index is -0.779. The van der Waals surface area contributed by atoms with E-state index in [1.54, 1.807) is 0 Å². The van der Waals surface area contributed by atoms with Gasteiger partial charge in [-0.1, -0.05) is 27.7 Å². The number of carbonyl (C=O) groups is 1. The van der Waals surface area contributed by atoms with Crippen LogP contribution >= 0.6 is 0 Å². The zero-order valence-corrected chi connectivity index (χ0v) is 18.9. The van der Waals surface area contributed by atoms with Crippen molar-refractivity contribution < 1.29 is 28.8 Å². The van der Waals surface area contributed by atoms with E-state index in [2.05, 4.69) is 38.3 Å². The zero-order valence-electron chi connectivity index (χ0n) is 18.9. The van der Waals surface area contributed by atoms with Gasteiger partial charge in [-0.3, -0.25) is 0 Å². The maximum atomic E-state index is 11.8. The minimum absolute atomic E-state index is 0.140. The lowest BCUT2D eigenvalue weighted by molar-refractivity contribution is -0.577. The molecule has 2 amide bonds. The number of ether oxygens (including phenoxy) is 3. The van der Waals surface area contributed by atoms with Crippen molar-refractivity contribution in [2.75, 3.05) is 19.7 Å². The molecule has 0 aromatic rings. The molecule has 1 saturated carbocycles. The first-order valence-electron chi connectivity index (χ1n) is 11.6. The second-order valence-electron chi connectivity index (χ2n) is 10.2. The van der Waals surface area contributed by atoms with Gasteiger partial charge < -0.3 is 24.8 Å². The van der Waals surface area contributed by atoms with E-state index in [0.717, 1.165) is 19.3 Å². The van der Waals surface area contributed by atoms with Crippen LogP contribution in [-0.4, -0.2) is 49.7 Å². The van der Waals surface area contributed by atoms with Crippen LogP contribution in [0, 0.1) is 29.6 Å². The summed E-state index contributed by atoms with van der Waals surface area (Å²) in [5.41, 5.74) is -0.568. The van der Waals surface area contributed by atoms with Gasteiger partial charge in [0.2, 0.25) is 5.79 Å². The molecule has 172 valence electrons. The highest BCUT2D eigenvalue weighted by atomic mass is 17.3. The maximum Gasteiger partial charge on any atom is 0.314 e. The van der Waals surface area contributed by atoms with Gasteiger partial charge in [0.05, 0.1) is 6.61 Å². The molecule has 1 aliphatic carbocycles. The summed E-state index contributed by atoms with van der Waals surface area (Å²) in [7, 11) is 0. The average molecular weight is 427 g/mol. The third kappa shape index (κ3) is 3.97. The van der Waals surface area contributed by atoms with Crippen LogP contribution in [0.5, 0.6) is 0 Å². The van der Waals surface area contributed by atoms with Crippen LogP contribution in [0.25, 0.3) is 0 Å². The van der Waals surface area contributed by atoms with Crippen LogP contribution in [0.4, 0.5) is 4.79 Å². The molecule has 0 aromatic heterocycles. The van der Waals surface area contributed by atoms with Crippen molar-refractivity contribution in [2.45, 2.75) is 84.3 Å². The molecule has 5 aliphatic rings. The molecule has 8 heteroatoms. The monoisotopic (exact) mass is 426 g/mol. The number of rotatable bonds is 6. The highest BCUT2D eigenvalue weighted by molar-refractivity contribution is 5.73. The standard InChI is InChI=1S/C22H38N2O6/c1-13(2)12-24-20(25)23-10-11-26-18-15(4)17-7-6-14(3)16-8-9-21(5)28-19(27-18)22(16,17)30-29-21/h13-19H,6-12H2,1-5H3,(H2,23,24,25)/t14-,15-,16+,17+,18+,19-,21+,22-/m1/s1. The number of carbonyl (C=O) groups excluding carboxylic acids is 1. The average Bonchev–Trinajstić information content (AvgIpc) is 2.93. The van der Waals surface area contributed by atoms with E-state index < -0.39 is 24.0 Å². The molecule has 5 rings (SSSR count). The molecule has 4 heterocycles. The van der Waals surface area contributed by atoms with Gasteiger partial charge in [-0.25, -0.2) is 14.6 Å². The van der Waals surface area contributed by atoms with Gasteiger partial charge in [0.25, 0.3) is 0 Å². The number of fused-ring (bicyclic) bond motifs is 2. The van der Waals surface area contributed by atoms with Gasteiger partial charge >= 0.3 is 6.03 Å². The van der Waals surface area contributed by atoms with Gasteiger partial charge in [-0.2, -0.15) is 0 Å². The molecule has 0 radical (unpaired) electrons. The lowest BCUT2D eigenvalue weighted by Crippen LogP contribution is -2.70. The third-order valence-corrected chi connectivity index (χ3v) is 7.44. The van der Waals surface area contributed by atoms with Crippen LogP contribution in [0.3, 0.4) is 0 Å². The van der Waals surface area contributed by atoms with Crippen molar-refractivity contribution >= 4 is 6.03 Å². The molecule has 8 nitrogen and oxygen atoms in total. The Morgan fingerprint density at radius 2 is 1.93 bits per heavy atom. The molecule has 2 bridgehead atoms. The van der Waals surface area contributed by atoms with Crippen molar-refractivity contribution in [1.82, 2.24) is 10.6 Å². The van der Waals surface area contributed by atoms with Crippen LogP contribution < -0.4 is 10.6 Å². The summed E-state index contributed by atoms with van der Waals surface area (Å²) in [5.74, 6) is 0.908. The molecular formula is C22H38N2O6. The Morgan fingerprint density at radius 1 is 1.13 bits per heavy atom. The van der Waals surface area contributed by atoms with Crippen LogP contribution in [0.1, 0.15) is 60.3 Å². The molecule has 2 N–H and O–H groups in total. The number of nitrogens with one attached hydrogen (secondary N) is 2. The van der Waals surface area contributed by atoms with Crippen LogP contribution in [0.2, 0.25) is 0 Å². The predicted octanol–water partition coefficient (Wildman–Crippen LogP) is 3.17. The van der Waals surface area contributed by atoms with Gasteiger partial charge in [-0.15, -0.1) is 0 Å². The fourth-order valence-electron chi connectivity index (χ4n) is 5.76. The van der Waals surface area contributed by atoms with Gasteiger partial charge in [0.1, 0.15) is 0 Å². The summed E-state index contributed by atoms with van der Waals surface area (Å²) in [6, 6.07) is -0.171. The molecule has 4 saturated heterocycles. The topological polar surface area (TPSA) is 87.3 Å². The van der Waals surface area contributed by atoms with Crippen LogP contribution in [0.15, 0.2) is 0 Å². The summed E-state index contributed by atoms with van der Waals surface area (Å²) in [6.07, 6.45) is 3.12. The highest BCUT2D eigenvalue weighted by Crippen LogP contribution is 2.60. The second-order valence-corrected chi connectivity index (χ2v) is 10.2. The lowest BCUT2D eigenvalue weighted by atomic mass is 9.58. The van der Waals surface area contributed by atoms with E-state index in [1.165, 1.54) is 6.42 Å². The van der Waals surface area contributed by atoms with Gasteiger partial charge in [-0.05, 0) is 43.9 Å². The number of urea groups is 1. The third-order valence-electron chi connectivity index (χ3n) is 7.44. The summed E-state index contributed by atoms with van der Waals surface area (Å²) < 4.78 is 18.8. The SMILES string of the molecule is CC(C)CNC(=O)NCCO[C@H]1O[C@@H]2O[C@]3(C)CC[C@H]4[C@H](C)CC[C@@H]([C@H]1C)[C@@]24OO3. The molecule has 5 fully saturated rings. The van der Waals surface area contributed by atoms with E-state index >= 15 is 0 Å². The molecular weight excluding hydrogens is 388 g/mol. The van der Waals surface area contributed by atoms with E-state index in [9.17, 15) is 4.79 Å². The fourth-order valence-corrected chi connectivity index (χ4v) is 5.76. The Hall–Kier alpha value is -0.930. The van der Waals surface area contributed by atoms with E-state index in [-0.39, 0.29) is 17.9 Å². The highest BCUT2D eigenvalue weighted by Gasteiger charge is 2.69. The second kappa shape index (κ2) is 8.54. The summed E-state index contributed by atoms with van der Waals surface area (Å²) in [4.78, 5) is 23.8. The minimum Gasteiger partial charge on any atom is -0.350 e. The Bertz CT molecular complexity index is 633. The Morgan fingerprint density at radius 3 is 2.70 bits per heavy atom. The zero-order chi connectivity index (χ0) is 21.5. The Kier molecular flexibility index (Phi) is 6.34. The van der Waals surface area contributed by atoms with E-state index in [4.69, 9.17) is 24.0 Å². The van der Waals surface area contributed by atoms with Crippen molar-refractivity contribution in [3.05, 3.63) is 0 Å². The van der Waals surface area contributed by atoms with Crippen molar-refractivity contribution in [3.8, 4) is 0 Å². The molecule has 0 unspecified atom stereocenters. The Balaban J connectivity index is 1.39. The first kappa shape index (κ1) is 22.3. The summed E-state index contributed by atoms with van der Waals surface area (Å²) >= 11 is 0. The van der Waals surface area contributed by atoms with Crippen molar-refractivity contribution in [2.24, 2.45) is 29.6 Å². The van der Waals surface area contributed by atoms with Gasteiger partial charge in [0.15, 0.2) is 18.2 Å². The van der Waals surface area contributed by atoms with Crippen LogP contribution in [-0.2, 0) is 24.0 Å². The maximum absolute atomic E-state index is 11.8.